The van der Waals surface area contributed by atoms with E-state index in [9.17, 15) is 0 Å². The number of allylic oxidation sites excluding steroid dienone is 2. The zero-order chi connectivity index (χ0) is 16.4. The minimum absolute atomic E-state index is 0. The van der Waals surface area contributed by atoms with E-state index in [1.54, 1.807) is 24.3 Å². The van der Waals surface area contributed by atoms with Crippen LogP contribution in [0.15, 0.2) is 86.0 Å². The molecule has 0 spiro atoms. The van der Waals surface area contributed by atoms with Crippen LogP contribution >= 0.6 is 0 Å². The summed E-state index contributed by atoms with van der Waals surface area (Å²) in [7, 11) is 0. The molecular formula is C23H29NSiTi. The molecule has 0 unspecified atom stereocenters. The smallest absolute Gasteiger partial charge is 0.699 e. The van der Waals surface area contributed by atoms with Crippen molar-refractivity contribution >= 4 is 27.4 Å². The Morgan fingerprint density at radius 3 is 1.69 bits per heavy atom. The van der Waals surface area contributed by atoms with E-state index in [0.29, 0.717) is 5.69 Å². The maximum Gasteiger partial charge on any atom is 4.00 e. The summed E-state index contributed by atoms with van der Waals surface area (Å²) in [6.07, 6.45) is 3.28. The van der Waals surface area contributed by atoms with Crippen molar-refractivity contribution in [2.75, 3.05) is 0 Å². The van der Waals surface area contributed by atoms with Crippen LogP contribution in [0, 0.1) is 28.7 Å². The van der Waals surface area contributed by atoms with Crippen molar-refractivity contribution < 1.29 is 21.7 Å². The number of hydrogen-bond acceptors (Lipinski definition) is 0. The fraction of sp³-hybridized carbons (Fsp3) is 0.0870. The standard InChI is InChI=1S/C11H11.C6H6N.C4H6.2CH3.Si.Ti/c1-8-7-10-5-3-4-6-11(10)9(8)2;7-6-4-2-1-3-5-6;1-3-4-2;;;;/h3-7H,1-2H3;1-5,7H;3-4H,1-2H2;2*1H3;;/q2*-1;;2*-1;;+4. The van der Waals surface area contributed by atoms with Crippen molar-refractivity contribution in [3.05, 3.63) is 118 Å². The predicted molar refractivity (Wildman–Crippen MR) is 118 cm³/mol. The van der Waals surface area contributed by atoms with Crippen molar-refractivity contribution in [1.29, 1.82) is 0 Å². The molecule has 0 aliphatic heterocycles. The van der Waals surface area contributed by atoms with Gasteiger partial charge in [0.25, 0.3) is 0 Å². The third-order valence-electron chi connectivity index (χ3n) is 3.27. The average molecular weight is 395 g/mol. The molecule has 0 aliphatic carbocycles. The molecule has 26 heavy (non-hydrogen) atoms. The van der Waals surface area contributed by atoms with Gasteiger partial charge in [-0.15, -0.1) is 46.3 Å². The maximum absolute atomic E-state index is 7.00. The normalized spacial score (nSPS) is 7.62. The summed E-state index contributed by atoms with van der Waals surface area (Å²) >= 11 is 0. The summed E-state index contributed by atoms with van der Waals surface area (Å²) in [5.74, 6) is 0. The summed E-state index contributed by atoms with van der Waals surface area (Å²) in [6.45, 7) is 11.1. The van der Waals surface area contributed by atoms with E-state index in [1.165, 1.54) is 21.9 Å². The Morgan fingerprint density at radius 2 is 1.31 bits per heavy atom. The minimum atomic E-state index is 0. The van der Waals surface area contributed by atoms with Crippen LogP contribution in [-0.2, 0) is 21.7 Å². The van der Waals surface area contributed by atoms with Crippen LogP contribution < -0.4 is 0 Å². The van der Waals surface area contributed by atoms with Crippen LogP contribution in [-0.4, -0.2) is 11.0 Å². The second-order valence-electron chi connectivity index (χ2n) is 4.88. The van der Waals surface area contributed by atoms with Crippen LogP contribution in [0.3, 0.4) is 0 Å². The van der Waals surface area contributed by atoms with Gasteiger partial charge in [-0.1, -0.05) is 75.6 Å². The molecule has 0 bridgehead atoms. The molecule has 3 heteroatoms. The zero-order valence-corrected chi connectivity index (χ0v) is 18.9. The Kier molecular flexibility index (Phi) is 22.2. The Bertz CT molecular complexity index is 711. The minimum Gasteiger partial charge on any atom is -0.699 e. The van der Waals surface area contributed by atoms with Crippen molar-refractivity contribution in [3.8, 4) is 0 Å². The molecule has 0 heterocycles. The largest absolute Gasteiger partial charge is 4.00 e. The molecule has 0 saturated carbocycles. The van der Waals surface area contributed by atoms with Gasteiger partial charge in [0, 0.05) is 11.0 Å². The van der Waals surface area contributed by atoms with E-state index in [4.69, 9.17) is 5.73 Å². The van der Waals surface area contributed by atoms with Gasteiger partial charge in [0.2, 0.25) is 0 Å². The van der Waals surface area contributed by atoms with Gasteiger partial charge in [-0.05, 0) is 0 Å². The van der Waals surface area contributed by atoms with Gasteiger partial charge in [0.15, 0.2) is 0 Å². The number of fused-ring (bicyclic) bond motifs is 1. The molecule has 0 atom stereocenters. The van der Waals surface area contributed by atoms with Crippen LogP contribution in [0.25, 0.3) is 16.5 Å². The van der Waals surface area contributed by atoms with E-state index in [2.05, 4.69) is 57.3 Å². The molecule has 0 aliphatic rings. The SMILES string of the molecule is C=CC=C.Cc1[cH-]c2ccccc2c1C.[CH3-].[CH3-].[NH-]c1ccccc1.[Si].[Ti+4]. The average Bonchev–Trinajstić information content (AvgIpc) is 2.84. The first-order chi connectivity index (χ1) is 10.6. The van der Waals surface area contributed by atoms with E-state index in [0.717, 1.165) is 0 Å². The van der Waals surface area contributed by atoms with E-state index in [1.807, 2.05) is 18.2 Å². The Morgan fingerprint density at radius 1 is 0.846 bits per heavy atom. The number of nitrogens with one attached hydrogen (secondary N) is 1. The fourth-order valence-electron chi connectivity index (χ4n) is 1.96. The molecule has 0 aromatic heterocycles. The van der Waals surface area contributed by atoms with Gasteiger partial charge >= 0.3 is 21.7 Å². The first-order valence-corrected chi connectivity index (χ1v) is 7.22. The van der Waals surface area contributed by atoms with Crippen LogP contribution in [0.1, 0.15) is 11.1 Å². The first kappa shape index (κ1) is 32.0. The van der Waals surface area contributed by atoms with Crippen LogP contribution in [0.5, 0.6) is 0 Å². The van der Waals surface area contributed by atoms with E-state index < -0.39 is 0 Å². The number of hydrogen-bond donors (Lipinski definition) is 0. The van der Waals surface area contributed by atoms with E-state index >= 15 is 0 Å². The first-order valence-electron chi connectivity index (χ1n) is 7.22. The van der Waals surface area contributed by atoms with Gasteiger partial charge in [-0.2, -0.15) is 5.56 Å². The molecule has 1 nitrogen and oxygen atoms in total. The molecule has 134 valence electrons. The van der Waals surface area contributed by atoms with Gasteiger partial charge in [0.1, 0.15) is 0 Å². The monoisotopic (exact) mass is 395 g/mol. The fourth-order valence-corrected chi connectivity index (χ4v) is 1.96. The second kappa shape index (κ2) is 18.1. The molecule has 0 fully saturated rings. The third kappa shape index (κ3) is 11.0. The van der Waals surface area contributed by atoms with Crippen molar-refractivity contribution in [2.24, 2.45) is 0 Å². The van der Waals surface area contributed by atoms with Crippen LogP contribution in [0.4, 0.5) is 5.69 Å². The quantitative estimate of drug-likeness (QED) is 0.233. The van der Waals surface area contributed by atoms with Gasteiger partial charge in [-0.25, -0.2) is 0 Å². The molecular weight excluding hydrogens is 366 g/mol. The summed E-state index contributed by atoms with van der Waals surface area (Å²) in [4.78, 5) is 0. The van der Waals surface area contributed by atoms with Crippen molar-refractivity contribution in [3.63, 3.8) is 0 Å². The Hall–Kier alpha value is -1.74. The topological polar surface area (TPSA) is 23.8 Å². The molecule has 0 saturated heterocycles. The van der Waals surface area contributed by atoms with Crippen molar-refractivity contribution in [1.82, 2.24) is 0 Å². The zero-order valence-electron chi connectivity index (χ0n) is 16.3. The second-order valence-corrected chi connectivity index (χ2v) is 4.88. The Labute approximate surface area is 180 Å². The molecule has 3 rings (SSSR count). The molecule has 3 aromatic rings. The van der Waals surface area contributed by atoms with Crippen molar-refractivity contribution in [2.45, 2.75) is 13.8 Å². The summed E-state index contributed by atoms with van der Waals surface area (Å²) in [5.41, 5.74) is 10.4. The number of aryl methyl sites for hydroxylation is 2. The van der Waals surface area contributed by atoms with E-state index in [-0.39, 0.29) is 47.5 Å². The maximum atomic E-state index is 7.00. The van der Waals surface area contributed by atoms with Gasteiger partial charge in [-0.3, -0.25) is 0 Å². The summed E-state index contributed by atoms with van der Waals surface area (Å²) in [5, 5.41) is 2.76. The Balaban J connectivity index is -0.000000144. The molecule has 4 radical (unpaired) electrons. The predicted octanol–water partition coefficient (Wildman–Crippen LogP) is 7.42. The van der Waals surface area contributed by atoms with Gasteiger partial charge < -0.3 is 20.6 Å². The van der Waals surface area contributed by atoms with Crippen LogP contribution in [0.2, 0.25) is 0 Å². The van der Waals surface area contributed by atoms with Gasteiger partial charge in [0.05, 0.1) is 0 Å². The molecule has 3 aromatic carbocycles. The third-order valence-corrected chi connectivity index (χ3v) is 3.27. The summed E-state index contributed by atoms with van der Waals surface area (Å²) < 4.78 is 0. The number of rotatable bonds is 1. The molecule has 1 N–H and O–H groups in total. The summed E-state index contributed by atoms with van der Waals surface area (Å²) in [6, 6.07) is 19.9. The number of benzene rings is 2. The molecule has 0 amide bonds.